The second-order valence-corrected chi connectivity index (χ2v) is 51.3. The van der Waals surface area contributed by atoms with Gasteiger partial charge in [0.2, 0.25) is 5.82 Å². The molecule has 139 heavy (non-hydrogen) atoms. The fraction of sp³-hybridized carbons (Fsp3) is 0.317. The monoisotopic (exact) mass is 2010 g/mol. The minimum absolute atomic E-state index is 0.102. The van der Waals surface area contributed by atoms with Gasteiger partial charge in [-0.05, 0) is 266 Å². The predicted molar refractivity (Wildman–Crippen MR) is 595 cm³/mol. The molecule has 0 saturated heterocycles. The first-order valence-electron chi connectivity index (χ1n) is 46.5. The Morgan fingerprint density at radius 3 is 1.29 bits per heavy atom. The normalized spacial score (nSPS) is 11.6. The van der Waals surface area contributed by atoms with E-state index in [2.05, 4.69) is 364 Å². The van der Waals surface area contributed by atoms with E-state index >= 15 is 0 Å². The van der Waals surface area contributed by atoms with Crippen molar-refractivity contribution in [1.82, 2.24) is 19.9 Å². The number of pyridine rings is 2. The zero-order chi connectivity index (χ0) is 102. The molecule has 0 N–H and O–H groups in total. The van der Waals surface area contributed by atoms with Gasteiger partial charge in [-0.2, -0.15) is 0 Å². The molecule has 0 fully saturated rings. The lowest BCUT2D eigenvalue weighted by molar-refractivity contribution is 0.376. The van der Waals surface area contributed by atoms with Gasteiger partial charge in [-0.3, -0.25) is 4.98 Å². The van der Waals surface area contributed by atoms with Crippen molar-refractivity contribution in [2.45, 2.75) is 246 Å². The van der Waals surface area contributed by atoms with Gasteiger partial charge in [-0.25, -0.2) is 36.9 Å². The van der Waals surface area contributed by atoms with Gasteiger partial charge in [-0.1, -0.05) is 260 Å². The van der Waals surface area contributed by atoms with E-state index < -0.39 is 34.6 Å². The molecule has 0 aliphatic carbocycles. The number of aryl methyl sites for hydroxylation is 7. The first kappa shape index (κ1) is 109. The molecule has 0 amide bonds. The maximum absolute atomic E-state index is 13.7. The minimum atomic E-state index is -2.19. The van der Waals surface area contributed by atoms with Crippen LogP contribution in [0.25, 0.3) is 62.6 Å². The summed E-state index contributed by atoms with van der Waals surface area (Å²) in [5.74, 6) is 2.00. The van der Waals surface area contributed by atoms with Crippen molar-refractivity contribution >= 4 is 128 Å². The first-order chi connectivity index (χ1) is 65.1. The Morgan fingerprint density at radius 2 is 0.799 bits per heavy atom. The quantitative estimate of drug-likeness (QED) is 0.0654. The molecule has 10 aromatic heterocycles. The second-order valence-electron chi connectivity index (χ2n) is 41.6. The number of para-hydroxylation sites is 4. The van der Waals surface area contributed by atoms with Crippen LogP contribution in [0.5, 0.6) is 5.75 Å². The number of benzene rings is 7. The number of aromatic nitrogens is 4. The Labute approximate surface area is 855 Å². The van der Waals surface area contributed by atoms with Gasteiger partial charge < -0.3 is 9.64 Å². The molecule has 0 radical (unpaired) electrons. The topological polar surface area (TPSA) is 64.0 Å². The van der Waals surface area contributed by atoms with Crippen LogP contribution < -0.4 is 9.64 Å². The molecule has 0 saturated carbocycles. The van der Waals surface area contributed by atoms with Gasteiger partial charge in [0, 0.05) is 84.7 Å². The Hall–Kier alpha value is -10.8. The van der Waals surface area contributed by atoms with Crippen LogP contribution in [-0.2, 0) is 37.9 Å². The van der Waals surface area contributed by atoms with Crippen LogP contribution in [0.2, 0.25) is 0 Å². The molecular weight excluding hydrogens is 1880 g/mol. The lowest BCUT2D eigenvalue weighted by Gasteiger charge is -2.23. The summed E-state index contributed by atoms with van der Waals surface area (Å²) >= 11 is 14.1. The Bertz CT molecular complexity index is 7090. The smallest absolute Gasteiger partial charge is 0.200 e. The number of thiazole rings is 2. The van der Waals surface area contributed by atoms with E-state index in [0.717, 1.165) is 64.5 Å². The van der Waals surface area contributed by atoms with Gasteiger partial charge in [0.25, 0.3) is 0 Å². The number of fused-ring (bicyclic) bond motifs is 2. The molecule has 0 bridgehead atoms. The van der Waals surface area contributed by atoms with Crippen molar-refractivity contribution < 1.29 is 26.7 Å². The molecule has 0 atom stereocenters. The third-order valence-corrected chi connectivity index (χ3v) is 31.8. The van der Waals surface area contributed by atoms with E-state index in [0.29, 0.717) is 4.88 Å². The third-order valence-electron chi connectivity index (χ3n) is 23.0. The lowest BCUT2D eigenvalue weighted by atomic mass is 9.84. The fourth-order valence-electron chi connectivity index (χ4n) is 16.9. The zero-order valence-corrected chi connectivity index (χ0v) is 92.7. The van der Waals surface area contributed by atoms with E-state index in [1.54, 1.807) is 41.1 Å². The van der Waals surface area contributed by atoms with Gasteiger partial charge >= 0.3 is 0 Å². The van der Waals surface area contributed by atoms with E-state index in [1.807, 2.05) is 147 Å². The molecule has 0 aliphatic rings. The van der Waals surface area contributed by atoms with Crippen LogP contribution >= 0.6 is 90.7 Å². The number of thiophene rings is 6. The van der Waals surface area contributed by atoms with Crippen molar-refractivity contribution in [1.29, 1.82) is 0 Å². The highest BCUT2D eigenvalue weighted by atomic mass is 32.1. The van der Waals surface area contributed by atoms with Crippen LogP contribution in [-0.4, -0.2) is 27.0 Å². The number of hydrogen-bond donors (Lipinski definition) is 0. The van der Waals surface area contributed by atoms with E-state index in [-0.39, 0.29) is 37.9 Å². The highest BCUT2D eigenvalue weighted by molar-refractivity contribution is 7.25. The molecule has 0 spiro atoms. The number of hydrogen-bond acceptors (Lipinski definition) is 14. The summed E-state index contributed by atoms with van der Waals surface area (Å²) in [5, 5.41) is 4.69. The maximum atomic E-state index is 13.7. The molecule has 7 aromatic carbocycles. The number of anilines is 3. The largest absolute Gasteiger partial charge is 0.497 e. The van der Waals surface area contributed by atoms with Crippen molar-refractivity contribution in [3.8, 4) is 70.9 Å². The molecule has 19 heteroatoms. The van der Waals surface area contributed by atoms with Crippen molar-refractivity contribution in [3.05, 3.63) is 359 Å². The van der Waals surface area contributed by atoms with Crippen LogP contribution in [0.1, 0.15) is 251 Å². The number of ether oxygens (including phenoxy) is 1. The summed E-state index contributed by atoms with van der Waals surface area (Å²) in [6.45, 7) is 65.9. The molecular formula is C120H130F5N5OS8. The second kappa shape index (κ2) is 45.4. The van der Waals surface area contributed by atoms with Gasteiger partial charge in [-0.15, -0.1) is 90.7 Å². The Kier molecular flexibility index (Phi) is 35.5. The first-order valence-corrected chi connectivity index (χ1v) is 53.1. The number of rotatable bonds is 8. The van der Waals surface area contributed by atoms with E-state index in [1.165, 1.54) is 126 Å². The molecule has 0 unspecified atom stereocenters. The summed E-state index contributed by atoms with van der Waals surface area (Å²) in [6, 6.07) is 73.6. The molecule has 17 aromatic rings. The summed E-state index contributed by atoms with van der Waals surface area (Å²) in [6.07, 6.45) is 3.72. The number of methoxy groups -OCH3 is 1. The zero-order valence-electron chi connectivity index (χ0n) is 86.2. The molecule has 17 rings (SSSR count). The highest BCUT2D eigenvalue weighted by Crippen LogP contribution is 2.47. The average Bonchev–Trinajstić information content (AvgIpc) is 1.34. The summed E-state index contributed by atoms with van der Waals surface area (Å²) in [4.78, 5) is 35.7. The van der Waals surface area contributed by atoms with E-state index in [9.17, 15) is 22.0 Å². The van der Waals surface area contributed by atoms with Crippen molar-refractivity contribution in [3.63, 3.8) is 0 Å². The fourth-order valence-corrected chi connectivity index (χ4v) is 26.4. The Balaban J connectivity index is 0.000000156. The summed E-state index contributed by atoms with van der Waals surface area (Å²) in [5.41, 5.74) is 20.7. The van der Waals surface area contributed by atoms with Gasteiger partial charge in [0.05, 0.1) is 53.7 Å². The standard InChI is InChI=1S/C21H23NS.C18H15F5S.C18H19NS.C17H18S.C16H17NS2.C15H19NOS.C15H19NS/c1-16-19(21(2,3)4)15-20(23-16)22(17-11-7-5-8-12-17)18-13-9-6-10-14-18;1-8-11(24-9(2)12(8)18(3,4)5)7-6-10-13(19)15(21)17(23)16(22)14(10)20;1-12-14(18(2,3)4)11-17(20-12)16-10-9-13-7-5-6-8-15(13)19-16;1-13-16(17(2,3)4)12-15(18-13)11-10-14-8-6-5-7-9-14;1-10-11(16(2,3)4)9-14(18-10)15-17-12-7-5-6-8-13(12)19-15;1-10-13(15(2,3)4)16-14(18-10)11-6-8-12(17-5)9-7-11;1-10-13(15(3,4)5)11(2)17-14(10)12-6-8-16-9-7-12/h5-15H,1-4H3;1-5H3;5-11H,1-4H3;5-9,12H,1-4H3;5-9H,1-4H3;6-9H,1-5H3;6-9H,1-5H3. The third kappa shape index (κ3) is 27.7. The molecule has 6 nitrogen and oxygen atoms in total. The minimum Gasteiger partial charge on any atom is -0.497 e. The van der Waals surface area contributed by atoms with Gasteiger partial charge in [0.15, 0.2) is 23.3 Å². The molecule has 0 aliphatic heterocycles. The SMILES string of the molecule is COc1ccc(-c2nc(C(C)(C)C)c(C)s2)cc1.Cc1sc(-c2ccc3ccccc3n2)cc1C(C)(C)C.Cc1sc(-c2ccncc2)c(C)c1C(C)(C)C.Cc1sc(-c2nc3ccccc3s2)cc1C(C)(C)C.Cc1sc(C#Cc2c(F)c(F)c(F)c(F)c2F)c(C)c1C(C)(C)C.Cc1sc(C#Cc2ccccc2)cc1C(C)(C)C.Cc1sc(N(c2ccccc2)c2ccccc2)cc1C(C)(C)C. The number of nitrogens with zero attached hydrogens (tertiary/aromatic N) is 5. The van der Waals surface area contributed by atoms with E-state index in [4.69, 9.17) is 19.7 Å². The Morgan fingerprint density at radius 1 is 0.331 bits per heavy atom. The van der Waals surface area contributed by atoms with Crippen LogP contribution in [0.15, 0.2) is 225 Å². The average molecular weight is 2010 g/mol. The maximum Gasteiger partial charge on any atom is 0.200 e. The lowest BCUT2D eigenvalue weighted by Crippen LogP contribution is -2.12. The van der Waals surface area contributed by atoms with Gasteiger partial charge in [0.1, 0.15) is 26.3 Å². The van der Waals surface area contributed by atoms with Crippen LogP contribution in [0.3, 0.4) is 0 Å². The number of halogens is 5. The predicted octanol–water partition coefficient (Wildman–Crippen LogP) is 37.7. The molecule has 724 valence electrons. The summed E-state index contributed by atoms with van der Waals surface area (Å²) < 4.78 is 73.2. The van der Waals surface area contributed by atoms with Crippen LogP contribution in [0, 0.1) is 115 Å². The summed E-state index contributed by atoms with van der Waals surface area (Å²) in [7, 11) is 1.68. The highest BCUT2D eigenvalue weighted by Gasteiger charge is 2.31. The molecule has 10 heterocycles. The van der Waals surface area contributed by atoms with Crippen molar-refractivity contribution in [2.75, 3.05) is 12.0 Å². The van der Waals surface area contributed by atoms with Crippen molar-refractivity contribution in [2.24, 2.45) is 0 Å². The van der Waals surface area contributed by atoms with Crippen LogP contribution in [0.4, 0.5) is 38.3 Å².